The van der Waals surface area contributed by atoms with E-state index in [2.05, 4.69) is 5.10 Å². The van der Waals surface area contributed by atoms with Crippen molar-refractivity contribution in [2.75, 3.05) is 7.11 Å². The Morgan fingerprint density at radius 3 is 2.66 bits per heavy atom. The van der Waals surface area contributed by atoms with Crippen molar-refractivity contribution in [2.24, 2.45) is 5.10 Å². The zero-order valence-electron chi connectivity index (χ0n) is 22.2. The fraction of sp³-hybridized carbons (Fsp3) is 0.100. The first-order chi connectivity index (χ1) is 19.7. The molecule has 0 unspecified atom stereocenters. The van der Waals surface area contributed by atoms with Gasteiger partial charge in [-0.25, -0.2) is 4.98 Å². The Kier molecular flexibility index (Phi) is 6.39. The molecular weight excluding hydrogens is 546 g/mol. The van der Waals surface area contributed by atoms with E-state index < -0.39 is 4.92 Å². The van der Waals surface area contributed by atoms with Gasteiger partial charge in [-0.15, -0.1) is 0 Å². The van der Waals surface area contributed by atoms with Crippen LogP contribution < -0.4 is 10.3 Å². The number of aryl methyl sites for hydroxylation is 1. The van der Waals surface area contributed by atoms with E-state index in [0.717, 1.165) is 11.1 Å². The maximum absolute atomic E-state index is 13.6. The van der Waals surface area contributed by atoms with Crippen molar-refractivity contribution < 1.29 is 14.1 Å². The van der Waals surface area contributed by atoms with Crippen molar-refractivity contribution in [3.63, 3.8) is 0 Å². The average Bonchev–Trinajstić information content (AvgIpc) is 3.51. The van der Waals surface area contributed by atoms with Gasteiger partial charge in [-0.1, -0.05) is 23.7 Å². The van der Waals surface area contributed by atoms with Crippen LogP contribution in [-0.4, -0.2) is 32.5 Å². The zero-order valence-corrected chi connectivity index (χ0v) is 22.9. The summed E-state index contributed by atoms with van der Waals surface area (Å²) < 4.78 is 14.2. The predicted molar refractivity (Wildman–Crippen MR) is 158 cm³/mol. The van der Waals surface area contributed by atoms with Crippen LogP contribution in [0.5, 0.6) is 5.75 Å². The average molecular weight is 568 g/mol. The first-order valence-corrected chi connectivity index (χ1v) is 12.9. The second kappa shape index (κ2) is 10.1. The molecule has 0 saturated heterocycles. The Balaban J connectivity index is 1.50. The van der Waals surface area contributed by atoms with Gasteiger partial charge in [0.25, 0.3) is 11.2 Å². The van der Waals surface area contributed by atoms with Crippen LogP contribution >= 0.6 is 11.6 Å². The number of furan rings is 1. The molecule has 11 heteroatoms. The first kappa shape index (κ1) is 26.0. The lowest BCUT2D eigenvalue weighted by Gasteiger charge is -2.11. The summed E-state index contributed by atoms with van der Waals surface area (Å²) >= 11 is 6.16. The molecule has 41 heavy (non-hydrogen) atoms. The highest BCUT2D eigenvalue weighted by Crippen LogP contribution is 2.32. The van der Waals surface area contributed by atoms with E-state index in [9.17, 15) is 14.9 Å². The summed E-state index contributed by atoms with van der Waals surface area (Å²) in [6, 6.07) is 20.5. The number of aromatic nitrogens is 3. The molecule has 6 aromatic rings. The number of nitrogens with zero attached hydrogens (tertiary/aromatic N) is 5. The van der Waals surface area contributed by atoms with Crippen LogP contribution in [-0.2, 0) is 0 Å². The maximum Gasteiger partial charge on any atom is 0.296 e. The Morgan fingerprint density at radius 1 is 1.07 bits per heavy atom. The first-order valence-electron chi connectivity index (χ1n) is 12.5. The van der Waals surface area contributed by atoms with E-state index in [1.165, 1.54) is 24.1 Å². The van der Waals surface area contributed by atoms with Gasteiger partial charge in [0.2, 0.25) is 5.82 Å². The number of methoxy groups -OCH3 is 1. The van der Waals surface area contributed by atoms with E-state index in [-0.39, 0.29) is 17.1 Å². The highest BCUT2D eigenvalue weighted by atomic mass is 35.5. The molecular formula is C30H22ClN5O5. The quantitative estimate of drug-likeness (QED) is 0.126. The zero-order chi connectivity index (χ0) is 28.8. The fourth-order valence-corrected chi connectivity index (χ4v) is 5.07. The number of nitro groups is 1. The lowest BCUT2D eigenvalue weighted by molar-refractivity contribution is -0.384. The third-order valence-corrected chi connectivity index (χ3v) is 7.09. The van der Waals surface area contributed by atoms with Gasteiger partial charge in [0.05, 0.1) is 35.2 Å². The lowest BCUT2D eigenvalue weighted by atomic mass is 10.2. The van der Waals surface area contributed by atoms with Crippen LogP contribution in [0.1, 0.15) is 17.0 Å². The number of nitro benzene ring substituents is 1. The number of para-hydroxylation sites is 1. The number of hydrogen-bond acceptors (Lipinski definition) is 7. The third kappa shape index (κ3) is 4.53. The highest BCUT2D eigenvalue weighted by Gasteiger charge is 2.21. The van der Waals surface area contributed by atoms with Crippen LogP contribution in [0.25, 0.3) is 39.1 Å². The normalized spacial score (nSPS) is 11.6. The molecule has 0 N–H and O–H groups in total. The molecule has 0 aliphatic carbocycles. The standard InChI is InChI=1S/C30H22ClN5O5/c1-17-12-20(18(2)34(17)25-10-9-22(40-3)15-26(25)36(38)39)16-32-35-29(33-24-7-5-4-6-23(24)30(35)37)28-14-19-13-21(31)8-11-27(19)41-28/h4-16H,1-3H3. The Morgan fingerprint density at radius 2 is 1.88 bits per heavy atom. The number of hydrogen-bond donors (Lipinski definition) is 0. The molecule has 0 amide bonds. The van der Waals surface area contributed by atoms with E-state index in [1.807, 2.05) is 19.9 Å². The number of fused-ring (bicyclic) bond motifs is 2. The summed E-state index contributed by atoms with van der Waals surface area (Å²) in [4.78, 5) is 29.7. The van der Waals surface area contributed by atoms with Gasteiger partial charge in [0, 0.05) is 27.4 Å². The molecule has 0 saturated carbocycles. The Bertz CT molecular complexity index is 2090. The molecule has 0 bridgehead atoms. The topological polar surface area (TPSA) is 118 Å². The van der Waals surface area contributed by atoms with E-state index >= 15 is 0 Å². The van der Waals surface area contributed by atoms with Crippen molar-refractivity contribution >= 4 is 45.4 Å². The molecule has 0 atom stereocenters. The van der Waals surface area contributed by atoms with Crippen molar-refractivity contribution in [3.05, 3.63) is 115 Å². The largest absolute Gasteiger partial charge is 0.496 e. The molecule has 0 spiro atoms. The van der Waals surface area contributed by atoms with Crippen LogP contribution in [0.2, 0.25) is 5.02 Å². The van der Waals surface area contributed by atoms with E-state index in [0.29, 0.717) is 50.0 Å². The summed E-state index contributed by atoms with van der Waals surface area (Å²) in [5.74, 6) is 0.951. The van der Waals surface area contributed by atoms with E-state index in [1.54, 1.807) is 65.2 Å². The minimum Gasteiger partial charge on any atom is -0.496 e. The molecule has 0 fully saturated rings. The van der Waals surface area contributed by atoms with Gasteiger partial charge in [0.1, 0.15) is 17.0 Å². The van der Waals surface area contributed by atoms with Crippen LogP contribution in [0.4, 0.5) is 5.69 Å². The van der Waals surface area contributed by atoms with E-state index in [4.69, 9.17) is 25.7 Å². The van der Waals surface area contributed by atoms with Gasteiger partial charge in [-0.2, -0.15) is 9.78 Å². The van der Waals surface area contributed by atoms with Gasteiger partial charge in [0.15, 0.2) is 5.76 Å². The predicted octanol–water partition coefficient (Wildman–Crippen LogP) is 6.67. The van der Waals surface area contributed by atoms with Gasteiger partial charge in [-0.05, 0) is 68.4 Å². The Labute approximate surface area is 237 Å². The number of benzene rings is 3. The second-order valence-corrected chi connectivity index (χ2v) is 9.82. The van der Waals surface area contributed by atoms with Gasteiger partial charge >= 0.3 is 0 Å². The maximum atomic E-state index is 13.6. The lowest BCUT2D eigenvalue weighted by Crippen LogP contribution is -2.20. The monoisotopic (exact) mass is 567 g/mol. The summed E-state index contributed by atoms with van der Waals surface area (Å²) in [7, 11) is 1.46. The van der Waals surface area contributed by atoms with Gasteiger partial charge in [-0.3, -0.25) is 14.9 Å². The van der Waals surface area contributed by atoms with Crippen molar-refractivity contribution in [1.29, 1.82) is 0 Å². The summed E-state index contributed by atoms with van der Waals surface area (Å²) in [6.07, 6.45) is 1.54. The Hall–Kier alpha value is -5.22. The fourth-order valence-electron chi connectivity index (χ4n) is 4.89. The number of ether oxygens (including phenoxy) is 1. The molecule has 204 valence electrons. The van der Waals surface area contributed by atoms with Crippen LogP contribution in [0.15, 0.2) is 87.1 Å². The van der Waals surface area contributed by atoms with Crippen molar-refractivity contribution in [2.45, 2.75) is 13.8 Å². The number of halogens is 1. The molecule has 6 rings (SSSR count). The molecule has 3 aromatic carbocycles. The summed E-state index contributed by atoms with van der Waals surface area (Å²) in [6.45, 7) is 3.67. The SMILES string of the molecule is COc1ccc(-n2c(C)cc(C=Nn3c(-c4cc5cc(Cl)ccc5o4)nc4ccccc4c3=O)c2C)c([N+](=O)[O-])c1. The third-order valence-electron chi connectivity index (χ3n) is 6.86. The number of rotatable bonds is 6. The van der Waals surface area contributed by atoms with Gasteiger partial charge < -0.3 is 13.7 Å². The summed E-state index contributed by atoms with van der Waals surface area (Å²) in [5.41, 5.74) is 3.11. The molecule has 0 aliphatic rings. The minimum absolute atomic E-state index is 0.100. The molecule has 3 aromatic heterocycles. The van der Waals surface area contributed by atoms with Crippen LogP contribution in [0, 0.1) is 24.0 Å². The minimum atomic E-state index is -0.447. The van der Waals surface area contributed by atoms with Crippen LogP contribution in [0.3, 0.4) is 0 Å². The van der Waals surface area contributed by atoms with Crippen molar-refractivity contribution in [1.82, 2.24) is 14.2 Å². The molecule has 3 heterocycles. The second-order valence-electron chi connectivity index (χ2n) is 9.38. The smallest absolute Gasteiger partial charge is 0.296 e. The van der Waals surface area contributed by atoms with Crippen molar-refractivity contribution in [3.8, 4) is 23.0 Å². The molecule has 10 nitrogen and oxygen atoms in total. The molecule has 0 aliphatic heterocycles. The molecule has 0 radical (unpaired) electrons. The summed E-state index contributed by atoms with van der Waals surface area (Å²) in [5, 5.41) is 18.1. The highest BCUT2D eigenvalue weighted by molar-refractivity contribution is 6.31.